The number of nitro benzene ring substituents is 3. The average molecular weight is 663 g/mol. The Labute approximate surface area is 277 Å². The van der Waals surface area contributed by atoms with Gasteiger partial charge in [0.05, 0.1) is 14.8 Å². The zero-order valence-electron chi connectivity index (χ0n) is 21.5. The quantitative estimate of drug-likeness (QED) is 0.0568. The minimum Gasteiger partial charge on any atom is -1.00 e. The molecule has 0 aliphatic carbocycles. The summed E-state index contributed by atoms with van der Waals surface area (Å²) in [5, 5.41) is 30.7. The molecule has 0 saturated carbocycles. The molecule has 0 amide bonds. The summed E-state index contributed by atoms with van der Waals surface area (Å²) in [5.41, 5.74) is 1.67. The second kappa shape index (κ2) is 26.1. The Morgan fingerprint density at radius 3 is 1.37 bits per heavy atom. The van der Waals surface area contributed by atoms with Gasteiger partial charge in [0.15, 0.2) is 0 Å². The Morgan fingerprint density at radius 2 is 1.09 bits per heavy atom. The molecule has 0 aliphatic heterocycles. The van der Waals surface area contributed by atoms with Gasteiger partial charge in [-0.2, -0.15) is 0 Å². The van der Waals surface area contributed by atoms with Gasteiger partial charge in [-0.3, -0.25) is 39.9 Å². The van der Waals surface area contributed by atoms with Gasteiger partial charge in [0.25, 0.3) is 17.1 Å². The van der Waals surface area contributed by atoms with E-state index in [2.05, 4.69) is 12.3 Å². The smallest absolute Gasteiger partial charge is 1.00 e. The van der Waals surface area contributed by atoms with Crippen molar-refractivity contribution in [3.8, 4) is 31.1 Å². The topological polar surface area (TPSA) is 164 Å². The van der Waals surface area contributed by atoms with Gasteiger partial charge in [0.1, 0.15) is 6.29 Å². The van der Waals surface area contributed by atoms with E-state index in [4.69, 9.17) is 19.3 Å². The van der Waals surface area contributed by atoms with Crippen molar-refractivity contribution < 1.29 is 41.3 Å². The number of nitrogens with zero attached hydrogens (tertiary/aromatic N) is 3. The molecule has 11 nitrogen and oxygen atoms in total. The third-order valence-electron chi connectivity index (χ3n) is 4.57. The number of carbonyl (C=O) groups excluding carboxylic acids is 2. The predicted octanol–water partition coefficient (Wildman–Crippen LogP) is 3.25. The molecule has 3 aromatic rings. The predicted molar refractivity (Wildman–Crippen MR) is 162 cm³/mol. The minimum absolute atomic E-state index is 0. The Hall–Kier alpha value is -4.87. The summed E-state index contributed by atoms with van der Waals surface area (Å²) in [4.78, 5) is 50.2. The maximum Gasteiger partial charge on any atom is 2.00 e. The Balaban J connectivity index is -0.000000156. The molecule has 43 heavy (non-hydrogen) atoms. The molecular formula is C30H28BrMgN3O8. The van der Waals surface area contributed by atoms with E-state index in [1.165, 1.54) is 60.7 Å². The normalized spacial score (nSPS) is 8.58. The first-order valence-corrected chi connectivity index (χ1v) is 10.5. The van der Waals surface area contributed by atoms with Gasteiger partial charge in [-0.25, -0.2) is 0 Å². The van der Waals surface area contributed by atoms with Gasteiger partial charge in [-0.1, -0.05) is 32.9 Å². The number of rotatable bonds is 6. The molecule has 0 aliphatic rings. The van der Waals surface area contributed by atoms with Crippen LogP contribution in [0.4, 0.5) is 17.1 Å². The zero-order valence-corrected chi connectivity index (χ0v) is 24.5. The SMILES string of the molecule is C.C.C#CC(=O)c1ccc([N+](=O)[O-])cc1.C#CC(C)c1ccc([N+](=O)[O-])cc1.O=Cc1ccc([N+](=O)[O-])cc1.[Br-].[C-]#C.[Mg+2]. The number of carbonyl (C=O) groups is 2. The number of aldehydes is 1. The number of hydrogen-bond acceptors (Lipinski definition) is 8. The number of nitro groups is 3. The molecule has 13 heteroatoms. The molecule has 1 unspecified atom stereocenters. The molecule has 0 saturated heterocycles. The molecule has 0 bridgehead atoms. The van der Waals surface area contributed by atoms with Gasteiger partial charge in [-0.05, 0) is 42.7 Å². The zero-order chi connectivity index (χ0) is 30.0. The van der Waals surface area contributed by atoms with Gasteiger partial charge < -0.3 is 29.8 Å². The van der Waals surface area contributed by atoms with Crippen molar-refractivity contribution >= 4 is 52.2 Å². The third kappa shape index (κ3) is 17.5. The summed E-state index contributed by atoms with van der Waals surface area (Å²) in [7, 11) is 0. The number of ketones is 1. The molecule has 0 fully saturated rings. The van der Waals surface area contributed by atoms with Gasteiger partial charge in [0, 0.05) is 53.4 Å². The summed E-state index contributed by atoms with van der Waals surface area (Å²) < 4.78 is 0. The first-order chi connectivity index (χ1) is 18.5. The van der Waals surface area contributed by atoms with E-state index >= 15 is 0 Å². The van der Waals surface area contributed by atoms with Crippen molar-refractivity contribution in [2.75, 3.05) is 0 Å². The number of non-ortho nitro benzene ring substituents is 3. The van der Waals surface area contributed by atoms with E-state index in [1.807, 2.05) is 12.8 Å². The fourth-order valence-electron chi connectivity index (χ4n) is 2.47. The van der Waals surface area contributed by atoms with Crippen LogP contribution in [0.1, 0.15) is 54.0 Å². The molecule has 0 aromatic heterocycles. The fraction of sp³-hybridized carbons (Fsp3) is 0.133. The number of terminal acetylenes is 3. The van der Waals surface area contributed by atoms with Crippen LogP contribution in [0.2, 0.25) is 0 Å². The van der Waals surface area contributed by atoms with E-state index in [-0.39, 0.29) is 83.4 Å². The summed E-state index contributed by atoms with van der Waals surface area (Å²) in [6.07, 6.45) is 19.7. The van der Waals surface area contributed by atoms with Crippen LogP contribution >= 0.6 is 0 Å². The van der Waals surface area contributed by atoms with Crippen molar-refractivity contribution in [2.45, 2.75) is 27.7 Å². The van der Waals surface area contributed by atoms with Crippen molar-refractivity contribution in [2.24, 2.45) is 0 Å². The molecule has 0 heterocycles. The second-order valence-corrected chi connectivity index (χ2v) is 6.98. The minimum atomic E-state index is -0.538. The van der Waals surface area contributed by atoms with Crippen molar-refractivity contribution in [3.63, 3.8) is 0 Å². The number of Topliss-reactive ketones (excluding diaryl/α,β-unsaturated/α-hetero) is 1. The van der Waals surface area contributed by atoms with Crippen LogP contribution in [-0.2, 0) is 0 Å². The summed E-state index contributed by atoms with van der Waals surface area (Å²) >= 11 is 0. The molecule has 3 aromatic carbocycles. The Morgan fingerprint density at radius 1 is 0.767 bits per heavy atom. The second-order valence-electron chi connectivity index (χ2n) is 6.98. The largest absolute Gasteiger partial charge is 2.00 e. The third-order valence-corrected chi connectivity index (χ3v) is 4.57. The molecule has 0 spiro atoms. The van der Waals surface area contributed by atoms with Crippen LogP contribution < -0.4 is 17.0 Å². The molecule has 1 atom stereocenters. The monoisotopic (exact) mass is 661 g/mol. The van der Waals surface area contributed by atoms with Crippen LogP contribution in [0.3, 0.4) is 0 Å². The molecule has 220 valence electrons. The molecule has 0 N–H and O–H groups in total. The Kier molecular flexibility index (Phi) is 29.0. The van der Waals surface area contributed by atoms with Gasteiger partial charge >= 0.3 is 23.1 Å². The van der Waals surface area contributed by atoms with Gasteiger partial charge in [-0.15, -0.1) is 12.8 Å². The van der Waals surface area contributed by atoms with E-state index in [0.29, 0.717) is 11.8 Å². The van der Waals surface area contributed by atoms with E-state index < -0.39 is 20.6 Å². The van der Waals surface area contributed by atoms with Crippen LogP contribution in [0.15, 0.2) is 72.8 Å². The standard InChI is InChI=1S/C10H9NO2.C9H5NO3.C7H5NO3.C2H.2CH4.BrH.Mg/c1-3-8(2)9-4-6-10(7-5-9)11(12)13;1-2-9(11)7-3-5-8(6-4-7)10(12)13;9-5-6-1-3-7(4-2-6)8(10)11;1-2;;;;/h1,4-8H,2H3;1,3-6H;1-5H;1H;2*1H4;1H;/q;;;-1;;;;+2/p-1. The van der Waals surface area contributed by atoms with Crippen molar-refractivity contribution in [1.29, 1.82) is 0 Å². The van der Waals surface area contributed by atoms with Crippen LogP contribution in [0.25, 0.3) is 0 Å². The summed E-state index contributed by atoms with van der Waals surface area (Å²) in [6.45, 7) is 1.88. The first-order valence-electron chi connectivity index (χ1n) is 10.5. The fourth-order valence-corrected chi connectivity index (χ4v) is 2.47. The van der Waals surface area contributed by atoms with Crippen molar-refractivity contribution in [3.05, 3.63) is 126 Å². The summed E-state index contributed by atoms with van der Waals surface area (Å²) in [6, 6.07) is 16.8. The first kappa shape index (κ1) is 47.9. The number of halogens is 1. The van der Waals surface area contributed by atoms with Crippen LogP contribution in [0.5, 0.6) is 0 Å². The van der Waals surface area contributed by atoms with Crippen molar-refractivity contribution in [1.82, 2.24) is 0 Å². The van der Waals surface area contributed by atoms with E-state index in [0.717, 1.165) is 5.56 Å². The number of hydrogen-bond donors (Lipinski definition) is 0. The molecular weight excluding hydrogens is 635 g/mol. The van der Waals surface area contributed by atoms with Gasteiger partial charge in [0.2, 0.25) is 5.78 Å². The Bertz CT molecular complexity index is 1410. The maximum atomic E-state index is 10.9. The molecule has 0 radical (unpaired) electrons. The van der Waals surface area contributed by atoms with Crippen LogP contribution in [-0.4, -0.2) is 49.9 Å². The summed E-state index contributed by atoms with van der Waals surface area (Å²) in [5.74, 6) is 4.00. The number of benzene rings is 3. The van der Waals surface area contributed by atoms with Crippen LogP contribution in [0, 0.1) is 67.9 Å². The molecule has 3 rings (SSSR count). The average Bonchev–Trinajstić information content (AvgIpc) is 2.98. The van der Waals surface area contributed by atoms with E-state index in [1.54, 1.807) is 12.1 Å². The maximum absolute atomic E-state index is 10.9. The van der Waals surface area contributed by atoms with E-state index in [9.17, 15) is 39.9 Å².